The predicted octanol–water partition coefficient (Wildman–Crippen LogP) is 2.15. The summed E-state index contributed by atoms with van der Waals surface area (Å²) in [6, 6.07) is 2.92. The van der Waals surface area contributed by atoms with Gasteiger partial charge in [0.1, 0.15) is 0 Å². The number of benzene rings is 1. The molecule has 3 amide bonds. The first kappa shape index (κ1) is 24.9. The predicted molar refractivity (Wildman–Crippen MR) is 108 cm³/mol. The summed E-state index contributed by atoms with van der Waals surface area (Å²) in [5.74, 6) is -1.83. The van der Waals surface area contributed by atoms with Gasteiger partial charge in [-0.25, -0.2) is 18.0 Å². The van der Waals surface area contributed by atoms with Crippen molar-refractivity contribution in [2.45, 2.75) is 45.1 Å². The first-order valence-corrected chi connectivity index (χ1v) is 10.7. The third-order valence-corrected chi connectivity index (χ3v) is 5.95. The lowest BCUT2D eigenvalue weighted by molar-refractivity contribution is -0.123. The van der Waals surface area contributed by atoms with E-state index in [0.717, 1.165) is 6.07 Å². The molecule has 0 heterocycles. The van der Waals surface area contributed by atoms with Crippen LogP contribution in [0.4, 0.5) is 4.79 Å². The van der Waals surface area contributed by atoms with Crippen LogP contribution in [0, 0.1) is 0 Å². The summed E-state index contributed by atoms with van der Waals surface area (Å²) in [5, 5.41) is 4.51. The van der Waals surface area contributed by atoms with Crippen LogP contribution in [0.25, 0.3) is 0 Å². The first-order chi connectivity index (χ1) is 13.3. The molecule has 0 aliphatic carbocycles. The van der Waals surface area contributed by atoms with E-state index in [-0.39, 0.29) is 28.6 Å². The molecule has 29 heavy (non-hydrogen) atoms. The number of ether oxygens (including phenoxy) is 1. The van der Waals surface area contributed by atoms with Gasteiger partial charge in [0, 0.05) is 18.6 Å². The van der Waals surface area contributed by atoms with Gasteiger partial charge < -0.3 is 10.1 Å². The lowest BCUT2D eigenvalue weighted by Gasteiger charge is -2.20. The van der Waals surface area contributed by atoms with Gasteiger partial charge in [-0.1, -0.05) is 25.4 Å². The molecule has 0 unspecified atom stereocenters. The molecule has 1 aromatic rings. The Labute approximate surface area is 175 Å². The molecule has 0 aromatic heterocycles. The Morgan fingerprint density at radius 2 is 1.72 bits per heavy atom. The topological polar surface area (TPSA) is 122 Å². The average molecular weight is 448 g/mol. The van der Waals surface area contributed by atoms with Crippen LogP contribution in [0.5, 0.6) is 0 Å². The second-order valence-corrected chi connectivity index (χ2v) is 9.40. The molecule has 0 aliphatic heterocycles. The van der Waals surface area contributed by atoms with Crippen molar-refractivity contribution < 1.29 is 27.5 Å². The number of carbonyl (C=O) groups is 3. The number of halogens is 1. The van der Waals surface area contributed by atoms with Gasteiger partial charge in [0.15, 0.2) is 6.61 Å². The minimum absolute atomic E-state index is 0.0284. The molecule has 9 nitrogen and oxygen atoms in total. The van der Waals surface area contributed by atoms with Gasteiger partial charge in [-0.15, -0.1) is 0 Å². The highest BCUT2D eigenvalue weighted by atomic mass is 35.5. The molecule has 0 atom stereocenters. The van der Waals surface area contributed by atoms with E-state index in [1.165, 1.54) is 16.4 Å². The minimum atomic E-state index is -3.80. The third kappa shape index (κ3) is 7.30. The van der Waals surface area contributed by atoms with Gasteiger partial charge in [0.2, 0.25) is 10.0 Å². The van der Waals surface area contributed by atoms with Gasteiger partial charge in [-0.2, -0.15) is 4.31 Å². The molecule has 1 rings (SSSR count). The second-order valence-electron chi connectivity index (χ2n) is 7.06. The molecule has 162 valence electrons. The third-order valence-electron chi connectivity index (χ3n) is 3.58. The number of urea groups is 1. The molecule has 0 aliphatic rings. The standard InChI is InChI=1S/C18H26ClN3O6S/c1-6-22(7-2)29(26,27)12-8-9-14(19)13(10-12)16(24)28-11-15(23)20-17(25)21-18(3,4)5/h8-10H,6-7,11H2,1-5H3,(H2,20,21,23,25). The normalized spacial score (nSPS) is 11.8. The van der Waals surface area contributed by atoms with E-state index in [1.807, 2.05) is 5.32 Å². The van der Waals surface area contributed by atoms with E-state index in [4.69, 9.17) is 16.3 Å². The SMILES string of the molecule is CCN(CC)S(=O)(=O)c1ccc(Cl)c(C(=O)OCC(=O)NC(=O)NC(C)(C)C)c1. The highest BCUT2D eigenvalue weighted by molar-refractivity contribution is 7.89. The molecular formula is C18H26ClN3O6S. The van der Waals surface area contributed by atoms with Crippen molar-refractivity contribution in [3.8, 4) is 0 Å². The van der Waals surface area contributed by atoms with Crippen molar-refractivity contribution >= 4 is 39.5 Å². The van der Waals surface area contributed by atoms with Crippen LogP contribution in [0.1, 0.15) is 45.0 Å². The molecule has 0 saturated carbocycles. The van der Waals surface area contributed by atoms with Crippen molar-refractivity contribution in [3.05, 3.63) is 28.8 Å². The Morgan fingerprint density at radius 3 is 2.24 bits per heavy atom. The fraction of sp³-hybridized carbons (Fsp3) is 0.500. The largest absolute Gasteiger partial charge is 0.452 e. The lowest BCUT2D eigenvalue weighted by Crippen LogP contribution is -2.49. The number of esters is 1. The number of hydrogen-bond acceptors (Lipinski definition) is 6. The van der Waals surface area contributed by atoms with E-state index in [0.29, 0.717) is 0 Å². The van der Waals surface area contributed by atoms with Crippen LogP contribution in [0.2, 0.25) is 5.02 Å². The summed E-state index contributed by atoms with van der Waals surface area (Å²) >= 11 is 5.99. The molecule has 2 N–H and O–H groups in total. The zero-order valence-corrected chi connectivity index (χ0v) is 18.6. The fourth-order valence-corrected chi connectivity index (χ4v) is 3.96. The number of nitrogens with zero attached hydrogens (tertiary/aromatic N) is 1. The highest BCUT2D eigenvalue weighted by Crippen LogP contribution is 2.23. The number of amides is 3. The number of nitrogens with one attached hydrogen (secondary N) is 2. The molecule has 0 bridgehead atoms. The molecule has 0 spiro atoms. The Hall–Kier alpha value is -2.17. The van der Waals surface area contributed by atoms with Crippen LogP contribution in [-0.4, -0.2) is 55.9 Å². The van der Waals surface area contributed by atoms with Gasteiger partial charge in [0.25, 0.3) is 5.91 Å². The molecule has 0 fully saturated rings. The highest BCUT2D eigenvalue weighted by Gasteiger charge is 2.25. The minimum Gasteiger partial charge on any atom is -0.452 e. The van der Waals surface area contributed by atoms with Crippen LogP contribution in [0.3, 0.4) is 0 Å². The van der Waals surface area contributed by atoms with E-state index in [9.17, 15) is 22.8 Å². The van der Waals surface area contributed by atoms with Crippen LogP contribution in [0.15, 0.2) is 23.1 Å². The number of hydrogen-bond donors (Lipinski definition) is 2. The average Bonchev–Trinajstić information content (AvgIpc) is 2.58. The van der Waals surface area contributed by atoms with Crippen molar-refractivity contribution in [1.82, 2.24) is 14.9 Å². The molecule has 0 radical (unpaired) electrons. The summed E-state index contributed by atoms with van der Waals surface area (Å²) in [7, 11) is -3.80. The van der Waals surface area contributed by atoms with E-state index < -0.39 is 40.1 Å². The number of sulfonamides is 1. The Morgan fingerprint density at radius 1 is 1.14 bits per heavy atom. The number of carbonyl (C=O) groups excluding carboxylic acids is 3. The van der Waals surface area contributed by atoms with Crippen LogP contribution >= 0.6 is 11.6 Å². The number of rotatable bonds is 7. The van der Waals surface area contributed by atoms with Gasteiger partial charge >= 0.3 is 12.0 Å². The molecule has 11 heteroatoms. The zero-order valence-electron chi connectivity index (χ0n) is 17.0. The first-order valence-electron chi connectivity index (χ1n) is 8.90. The van der Waals surface area contributed by atoms with Crippen molar-refractivity contribution in [2.75, 3.05) is 19.7 Å². The Bertz CT molecular complexity index is 876. The summed E-state index contributed by atoms with van der Waals surface area (Å²) in [4.78, 5) is 35.6. The van der Waals surface area contributed by atoms with Crippen molar-refractivity contribution in [2.24, 2.45) is 0 Å². The van der Waals surface area contributed by atoms with Crippen LogP contribution < -0.4 is 10.6 Å². The lowest BCUT2D eigenvalue weighted by atomic mass is 10.1. The van der Waals surface area contributed by atoms with Crippen LogP contribution in [-0.2, 0) is 19.6 Å². The maximum absolute atomic E-state index is 12.6. The maximum Gasteiger partial charge on any atom is 0.340 e. The van der Waals surface area contributed by atoms with E-state index in [1.54, 1.807) is 34.6 Å². The summed E-state index contributed by atoms with van der Waals surface area (Å²) in [5.41, 5.74) is -0.752. The molecular weight excluding hydrogens is 422 g/mol. The van der Waals surface area contributed by atoms with Crippen molar-refractivity contribution in [3.63, 3.8) is 0 Å². The van der Waals surface area contributed by atoms with E-state index in [2.05, 4.69) is 5.32 Å². The molecule has 0 saturated heterocycles. The van der Waals surface area contributed by atoms with Crippen molar-refractivity contribution in [1.29, 1.82) is 0 Å². The molecule has 1 aromatic carbocycles. The Balaban J connectivity index is 2.88. The smallest absolute Gasteiger partial charge is 0.340 e. The summed E-state index contributed by atoms with van der Waals surface area (Å²) < 4.78 is 31.3. The monoisotopic (exact) mass is 447 g/mol. The quantitative estimate of drug-likeness (QED) is 0.617. The van der Waals surface area contributed by atoms with Gasteiger partial charge in [-0.3, -0.25) is 10.1 Å². The fourth-order valence-electron chi connectivity index (χ4n) is 2.28. The van der Waals surface area contributed by atoms with Gasteiger partial charge in [-0.05, 0) is 39.0 Å². The maximum atomic E-state index is 12.6. The van der Waals surface area contributed by atoms with E-state index >= 15 is 0 Å². The number of imide groups is 1. The summed E-state index contributed by atoms with van der Waals surface area (Å²) in [6.45, 7) is 8.38. The second kappa shape index (κ2) is 10.0. The Kier molecular flexibility index (Phi) is 8.61. The summed E-state index contributed by atoms with van der Waals surface area (Å²) in [6.07, 6.45) is 0. The van der Waals surface area contributed by atoms with Gasteiger partial charge in [0.05, 0.1) is 15.5 Å². The zero-order chi connectivity index (χ0) is 22.4.